The normalized spacial score (nSPS) is 44.1. The molecule has 12 N–H and O–H groups in total. The van der Waals surface area contributed by atoms with Crippen LogP contribution in [0.3, 0.4) is 0 Å². The zero-order valence-corrected chi connectivity index (χ0v) is 56.6. The Kier molecular flexibility index (Phi) is 23.7. The molecule has 27 nitrogen and oxygen atoms in total. The van der Waals surface area contributed by atoms with E-state index in [1.54, 1.807) is 33.8 Å². The standard InChI is InChI=1S/C67H106O27/c1-15-30(3)56(82)91-50-32(5)85-61(49(79)52(50)92-57(83)31(4)16-2)94-53-54(87-34(7)71)67(29-70)36(25-62(53,8)9)35-17-18-41-64(12)22-20-43(63(10,11)40(64)19-23-65(41,13)66(35,14)26-42(67)73)90-58(33(6)86-60-48(78)46(76)44(74)38(27-68)89-60)93-51(55(80)81)37(72)21-24-84-59-47(77)45(75)39(28-69)88-59/h15-17,32-33,36-54,58-61,68-70,72-79H,18-29H2,1-14H3,(H,80,81)/b30-15-,31-16-/t32?,33-,36?,37-,38?,39-,40?,41?,42+,43-,44-,45?,46?,47-,48-,49-,50-,51?,52?,53-,54-,58+,59+,60+,61-,64-,65+,66+,67-/m0/s1. The minimum Gasteiger partial charge on any atom is -0.479 e. The molecule has 0 spiro atoms. The zero-order valence-electron chi connectivity index (χ0n) is 56.6. The van der Waals surface area contributed by atoms with Crippen molar-refractivity contribution in [1.82, 2.24) is 0 Å². The highest BCUT2D eigenvalue weighted by molar-refractivity contribution is 5.88. The third-order valence-corrected chi connectivity index (χ3v) is 23.6. The topological polar surface area (TPSA) is 413 Å². The van der Waals surface area contributed by atoms with E-state index in [9.17, 15) is 80.5 Å². The van der Waals surface area contributed by atoms with Gasteiger partial charge >= 0.3 is 23.9 Å². The summed E-state index contributed by atoms with van der Waals surface area (Å²) in [5.41, 5.74) is -3.37. The van der Waals surface area contributed by atoms with Gasteiger partial charge in [-0.05, 0) is 138 Å². The number of esters is 3. The molecule has 9 unspecified atom stereocenters. The SMILES string of the molecule is C/C=C(/C)C(=O)OC1[C@@H](OC(=O)/C(C)=C\C)C(C)O[C@@H](O[C@H]2[C@H](OC(C)=O)[C@@]3(CO)C(CC2(C)C)C2=CCC4[C@@]5(C)CC[C@H](O[C@H](OC(C(=O)O)[C@@H](O)CCO[C@@H]6O[C@@H](CO)C(O)[C@@H]6O)[C@H](C)O[C@@H]6OC(CO)[C@H](O)C(O)[C@@H]6O)C(C)(C)C5CC[C@@]4(C)[C@]2(C)C[C@H]3O)[C@H]1O. The fraction of sp³-hybridized carbons (Fsp3) is 0.851. The number of aliphatic hydroxyl groups excluding tert-OH is 11. The van der Waals surface area contributed by atoms with Gasteiger partial charge in [0.15, 0.2) is 43.5 Å². The number of hydrogen-bond donors (Lipinski definition) is 12. The number of carboxylic acids is 1. The number of carbonyl (C=O) groups excluding carboxylic acids is 3. The highest BCUT2D eigenvalue weighted by atomic mass is 16.8. The van der Waals surface area contributed by atoms with E-state index in [4.69, 9.17) is 52.1 Å². The molecular formula is C67H106O27. The average molecular weight is 1340 g/mol. The lowest BCUT2D eigenvalue weighted by molar-refractivity contribution is -0.344. The molecule has 94 heavy (non-hydrogen) atoms. The molecule has 0 amide bonds. The van der Waals surface area contributed by atoms with Crippen LogP contribution in [0.2, 0.25) is 0 Å². The molecule has 3 saturated heterocycles. The minimum atomic E-state index is -2.02. The fourth-order valence-corrected chi connectivity index (χ4v) is 17.7. The maximum Gasteiger partial charge on any atom is 0.335 e. The Labute approximate surface area is 549 Å². The molecule has 29 atom stereocenters. The largest absolute Gasteiger partial charge is 0.479 e. The van der Waals surface area contributed by atoms with Gasteiger partial charge in [0.25, 0.3) is 0 Å². The van der Waals surface area contributed by atoms with E-state index < -0.39 is 230 Å². The molecule has 8 aliphatic rings. The molecule has 7 fully saturated rings. The van der Waals surface area contributed by atoms with Crippen LogP contribution in [-0.4, -0.2) is 247 Å². The van der Waals surface area contributed by atoms with Gasteiger partial charge in [-0.25, -0.2) is 14.4 Å². The van der Waals surface area contributed by atoms with Crippen molar-refractivity contribution in [3.05, 3.63) is 34.9 Å². The number of fused-ring (bicyclic) bond motifs is 7. The number of carbonyl (C=O) groups is 4. The van der Waals surface area contributed by atoms with Crippen molar-refractivity contribution in [2.75, 3.05) is 26.4 Å². The van der Waals surface area contributed by atoms with Gasteiger partial charge in [0.05, 0.1) is 56.3 Å². The monoisotopic (exact) mass is 1340 g/mol. The van der Waals surface area contributed by atoms with Crippen LogP contribution in [0.15, 0.2) is 34.9 Å². The van der Waals surface area contributed by atoms with Crippen LogP contribution in [0.1, 0.15) is 148 Å². The second-order valence-electron chi connectivity index (χ2n) is 29.7. The first-order valence-electron chi connectivity index (χ1n) is 33.2. The Bertz CT molecular complexity index is 2770. The number of aliphatic carboxylic acids is 1. The summed E-state index contributed by atoms with van der Waals surface area (Å²) < 4.78 is 67.1. The quantitative estimate of drug-likeness (QED) is 0.0173. The van der Waals surface area contributed by atoms with Gasteiger partial charge < -0.3 is 113 Å². The van der Waals surface area contributed by atoms with Gasteiger partial charge in [-0.2, -0.15) is 0 Å². The summed E-state index contributed by atoms with van der Waals surface area (Å²) in [6, 6.07) is 0. The zero-order chi connectivity index (χ0) is 69.9. The third kappa shape index (κ3) is 13.8. The Morgan fingerprint density at radius 3 is 1.85 bits per heavy atom. The second kappa shape index (κ2) is 29.3. The number of ether oxygens (including phenoxy) is 11. The lowest BCUT2D eigenvalue weighted by Crippen LogP contribution is -2.73. The number of carboxylic acid groups (broad SMARTS) is 1. The molecule has 3 heterocycles. The van der Waals surface area contributed by atoms with Crippen LogP contribution >= 0.6 is 0 Å². The highest BCUT2D eigenvalue weighted by Crippen LogP contribution is 2.76. The summed E-state index contributed by atoms with van der Waals surface area (Å²) in [6.45, 7) is 23.0. The Morgan fingerprint density at radius 2 is 1.28 bits per heavy atom. The summed E-state index contributed by atoms with van der Waals surface area (Å²) in [7, 11) is 0. The number of hydrogen-bond acceptors (Lipinski definition) is 26. The van der Waals surface area contributed by atoms with Gasteiger partial charge in [0.2, 0.25) is 0 Å². The van der Waals surface area contributed by atoms with Crippen molar-refractivity contribution in [3.63, 3.8) is 0 Å². The molecule has 0 aromatic heterocycles. The summed E-state index contributed by atoms with van der Waals surface area (Å²) in [6.07, 6.45) is -24.2. The summed E-state index contributed by atoms with van der Waals surface area (Å²) in [5, 5.41) is 132. The maximum atomic E-state index is 13.5. The van der Waals surface area contributed by atoms with Crippen LogP contribution in [-0.2, 0) is 71.3 Å². The van der Waals surface area contributed by atoms with Gasteiger partial charge in [0.1, 0.15) is 67.1 Å². The van der Waals surface area contributed by atoms with Crippen LogP contribution < -0.4 is 0 Å². The van der Waals surface area contributed by atoms with E-state index in [0.29, 0.717) is 38.5 Å². The lowest BCUT2D eigenvalue weighted by Gasteiger charge is -2.72. The minimum absolute atomic E-state index is 0.0168. The van der Waals surface area contributed by atoms with E-state index in [-0.39, 0.29) is 29.4 Å². The lowest BCUT2D eigenvalue weighted by atomic mass is 9.33. The first kappa shape index (κ1) is 76.1. The van der Waals surface area contributed by atoms with Crippen molar-refractivity contribution in [1.29, 1.82) is 0 Å². The Hall–Kier alpha value is -3.66. The van der Waals surface area contributed by atoms with Crippen molar-refractivity contribution in [2.45, 2.75) is 283 Å². The van der Waals surface area contributed by atoms with Gasteiger partial charge in [-0.15, -0.1) is 0 Å². The van der Waals surface area contributed by atoms with E-state index in [0.717, 1.165) is 5.57 Å². The fourth-order valence-electron chi connectivity index (χ4n) is 17.7. The molecule has 8 rings (SSSR count). The van der Waals surface area contributed by atoms with Gasteiger partial charge in [-0.3, -0.25) is 4.79 Å². The molecule has 5 aliphatic carbocycles. The maximum absolute atomic E-state index is 13.5. The van der Waals surface area contributed by atoms with Crippen molar-refractivity contribution < 1.29 is 133 Å². The predicted octanol–water partition coefficient (Wildman–Crippen LogP) is 1.74. The van der Waals surface area contributed by atoms with E-state index in [1.807, 2.05) is 13.8 Å². The summed E-state index contributed by atoms with van der Waals surface area (Å²) in [5.74, 6) is -4.51. The molecule has 0 aromatic carbocycles. The van der Waals surface area contributed by atoms with Crippen molar-refractivity contribution >= 4 is 23.9 Å². The smallest absolute Gasteiger partial charge is 0.335 e. The average Bonchev–Trinajstić information content (AvgIpc) is 0.714. The van der Waals surface area contributed by atoms with Gasteiger partial charge in [0, 0.05) is 18.1 Å². The van der Waals surface area contributed by atoms with Crippen LogP contribution in [0, 0.1) is 50.2 Å². The van der Waals surface area contributed by atoms with Gasteiger partial charge in [-0.1, -0.05) is 72.3 Å². The first-order chi connectivity index (χ1) is 43.9. The Balaban J connectivity index is 1.07. The van der Waals surface area contributed by atoms with E-state index in [2.05, 4.69) is 40.7 Å². The molecule has 536 valence electrons. The first-order valence-corrected chi connectivity index (χ1v) is 33.2. The summed E-state index contributed by atoms with van der Waals surface area (Å²) in [4.78, 5) is 53.2. The van der Waals surface area contributed by atoms with Crippen LogP contribution in [0.5, 0.6) is 0 Å². The Morgan fingerprint density at radius 1 is 0.691 bits per heavy atom. The molecule has 27 heteroatoms. The van der Waals surface area contributed by atoms with Crippen LogP contribution in [0.25, 0.3) is 0 Å². The van der Waals surface area contributed by atoms with Crippen molar-refractivity contribution in [3.8, 4) is 0 Å². The molecule has 0 radical (unpaired) electrons. The molecule has 3 aliphatic heterocycles. The molecule has 0 bridgehead atoms. The number of aliphatic hydroxyl groups is 11. The number of rotatable bonds is 23. The van der Waals surface area contributed by atoms with Crippen molar-refractivity contribution in [2.24, 2.45) is 50.2 Å². The molecule has 4 saturated carbocycles. The predicted molar refractivity (Wildman–Crippen MR) is 327 cm³/mol. The van der Waals surface area contributed by atoms with E-state index >= 15 is 0 Å². The second-order valence-corrected chi connectivity index (χ2v) is 29.7. The molecule has 0 aromatic rings. The van der Waals surface area contributed by atoms with E-state index in [1.165, 1.54) is 26.8 Å². The molecular weight excluding hydrogens is 1240 g/mol. The van der Waals surface area contributed by atoms with Crippen LogP contribution in [0.4, 0.5) is 0 Å². The summed E-state index contributed by atoms with van der Waals surface area (Å²) >= 11 is 0. The highest BCUT2D eigenvalue weighted by Gasteiger charge is 2.74. The third-order valence-electron chi connectivity index (χ3n) is 23.6. The number of allylic oxidation sites excluding steroid dienone is 4.